The number of nitriles is 1. The summed E-state index contributed by atoms with van der Waals surface area (Å²) in [5.74, 6) is -0.366. The first-order chi connectivity index (χ1) is 13.6. The van der Waals surface area contributed by atoms with E-state index in [4.69, 9.17) is 0 Å². The number of carbonyl (C=O) groups excluding carboxylic acids is 1. The Kier molecular flexibility index (Phi) is 6.89. The molecule has 3 rings (SSSR count). The normalized spacial score (nSPS) is 14.5. The molecule has 2 aromatic rings. The Balaban J connectivity index is 1.60. The Bertz CT molecular complexity index is 930. The third-order valence-corrected chi connectivity index (χ3v) is 5.52. The van der Waals surface area contributed by atoms with Gasteiger partial charge in [-0.25, -0.2) is 0 Å². The highest BCUT2D eigenvalue weighted by Crippen LogP contribution is 2.24. The predicted molar refractivity (Wildman–Crippen MR) is 114 cm³/mol. The van der Waals surface area contributed by atoms with Crippen molar-refractivity contribution >= 4 is 21.8 Å². The third kappa shape index (κ3) is 5.24. The first-order valence-electron chi connectivity index (χ1n) is 9.57. The van der Waals surface area contributed by atoms with Gasteiger partial charge in [-0.1, -0.05) is 46.3 Å². The minimum Gasteiger partial charge on any atom is -0.386 e. The minimum atomic E-state index is -0.366. The van der Waals surface area contributed by atoms with Crippen LogP contribution < -0.4 is 10.6 Å². The molecule has 0 aromatic heterocycles. The number of nitrogens with zero attached hydrogens (tertiary/aromatic N) is 1. The molecule has 2 N–H and O–H groups in total. The Morgan fingerprint density at radius 1 is 1.21 bits per heavy atom. The summed E-state index contributed by atoms with van der Waals surface area (Å²) < 4.78 is 0.993. The molecule has 0 heterocycles. The summed E-state index contributed by atoms with van der Waals surface area (Å²) in [5, 5.41) is 15.3. The molecule has 1 aliphatic rings. The second-order valence-electron chi connectivity index (χ2n) is 7.11. The maximum absolute atomic E-state index is 12.5. The molecule has 4 nitrogen and oxygen atoms in total. The van der Waals surface area contributed by atoms with Crippen molar-refractivity contribution in [3.8, 4) is 6.07 Å². The Morgan fingerprint density at radius 2 is 2.00 bits per heavy atom. The first kappa shape index (κ1) is 20.2. The van der Waals surface area contributed by atoms with Crippen molar-refractivity contribution in [2.24, 2.45) is 0 Å². The van der Waals surface area contributed by atoms with Crippen LogP contribution in [0.3, 0.4) is 0 Å². The highest BCUT2D eigenvalue weighted by Gasteiger charge is 2.16. The lowest BCUT2D eigenvalue weighted by atomic mass is 9.89. The molecule has 0 bridgehead atoms. The van der Waals surface area contributed by atoms with Gasteiger partial charge in [0.05, 0.1) is 6.04 Å². The third-order valence-electron chi connectivity index (χ3n) is 5.03. The number of amides is 1. The van der Waals surface area contributed by atoms with Gasteiger partial charge in [-0.15, -0.1) is 0 Å². The number of halogens is 1. The second-order valence-corrected chi connectivity index (χ2v) is 8.03. The van der Waals surface area contributed by atoms with Gasteiger partial charge >= 0.3 is 0 Å². The van der Waals surface area contributed by atoms with Crippen LogP contribution in [0.5, 0.6) is 0 Å². The quantitative estimate of drug-likeness (QED) is 0.508. The Labute approximate surface area is 174 Å². The topological polar surface area (TPSA) is 64.9 Å². The molecule has 0 saturated carbocycles. The fraction of sp³-hybridized carbons (Fsp3) is 0.304. The number of rotatable bonds is 6. The maximum Gasteiger partial charge on any atom is 0.263 e. The molecule has 0 saturated heterocycles. The lowest BCUT2D eigenvalue weighted by Gasteiger charge is -2.20. The van der Waals surface area contributed by atoms with Crippen molar-refractivity contribution in [2.45, 2.75) is 45.2 Å². The molecule has 2 aromatic carbocycles. The van der Waals surface area contributed by atoms with E-state index in [1.54, 1.807) is 0 Å². The molecular weight excluding hydrogens is 414 g/mol. The van der Waals surface area contributed by atoms with Gasteiger partial charge in [0.2, 0.25) is 0 Å². The molecule has 0 spiro atoms. The number of benzene rings is 2. The van der Waals surface area contributed by atoms with Crippen molar-refractivity contribution in [3.63, 3.8) is 0 Å². The zero-order chi connectivity index (χ0) is 19.9. The van der Waals surface area contributed by atoms with Crippen LogP contribution in [-0.2, 0) is 24.2 Å². The van der Waals surface area contributed by atoms with Gasteiger partial charge < -0.3 is 10.6 Å². The molecule has 144 valence electrons. The summed E-state index contributed by atoms with van der Waals surface area (Å²) in [7, 11) is 0. The van der Waals surface area contributed by atoms with Crippen molar-refractivity contribution in [1.82, 2.24) is 10.6 Å². The SMILES string of the molecule is CC(NC(=O)/C(C#N)=C\NCc1cccc(Br)c1)c1ccc2c(c1)CCCC2. The molecule has 1 amide bonds. The standard InChI is InChI=1S/C23H24BrN3O/c1-16(19-10-9-18-6-2-3-7-20(18)12-19)27-23(28)21(13-25)15-26-14-17-5-4-8-22(24)11-17/h4-5,8-12,15-16,26H,2-3,6-7,14H2,1H3,(H,27,28)/b21-15-. The summed E-state index contributed by atoms with van der Waals surface area (Å²) in [4.78, 5) is 12.5. The largest absolute Gasteiger partial charge is 0.386 e. The fourth-order valence-electron chi connectivity index (χ4n) is 3.45. The lowest BCUT2D eigenvalue weighted by molar-refractivity contribution is -0.117. The summed E-state index contributed by atoms with van der Waals surface area (Å²) in [5.41, 5.74) is 5.01. The van der Waals surface area contributed by atoms with E-state index in [-0.39, 0.29) is 17.5 Å². The molecule has 28 heavy (non-hydrogen) atoms. The monoisotopic (exact) mass is 437 g/mol. The van der Waals surface area contributed by atoms with Crippen molar-refractivity contribution in [1.29, 1.82) is 5.26 Å². The van der Waals surface area contributed by atoms with Crippen LogP contribution in [0.2, 0.25) is 0 Å². The van der Waals surface area contributed by atoms with Crippen molar-refractivity contribution < 1.29 is 4.79 Å². The predicted octanol–water partition coefficient (Wildman–Crippen LogP) is 4.70. The summed E-state index contributed by atoms with van der Waals surface area (Å²) in [6.45, 7) is 2.49. The second kappa shape index (κ2) is 9.57. The van der Waals surface area contributed by atoms with E-state index in [0.29, 0.717) is 6.54 Å². The van der Waals surface area contributed by atoms with E-state index < -0.39 is 0 Å². The van der Waals surface area contributed by atoms with E-state index >= 15 is 0 Å². The van der Waals surface area contributed by atoms with Crippen molar-refractivity contribution in [3.05, 3.63) is 81.0 Å². The number of hydrogen-bond donors (Lipinski definition) is 2. The Morgan fingerprint density at radius 3 is 2.75 bits per heavy atom. The minimum absolute atomic E-state index is 0.0693. The van der Waals surface area contributed by atoms with Crippen LogP contribution in [0.25, 0.3) is 0 Å². The summed E-state index contributed by atoms with van der Waals surface area (Å²) in [6, 6.07) is 16.2. The molecule has 1 aliphatic carbocycles. The first-order valence-corrected chi connectivity index (χ1v) is 10.4. The number of fused-ring (bicyclic) bond motifs is 1. The van der Waals surface area contributed by atoms with Gasteiger partial charge in [-0.2, -0.15) is 5.26 Å². The van der Waals surface area contributed by atoms with E-state index in [1.165, 1.54) is 30.2 Å². The maximum atomic E-state index is 12.5. The average Bonchev–Trinajstić information content (AvgIpc) is 2.70. The van der Waals surface area contributed by atoms with Crippen molar-refractivity contribution in [2.75, 3.05) is 0 Å². The number of aryl methyl sites for hydroxylation is 2. The summed E-state index contributed by atoms with van der Waals surface area (Å²) >= 11 is 3.43. The fourth-order valence-corrected chi connectivity index (χ4v) is 3.89. The Hall–Kier alpha value is -2.58. The molecular formula is C23H24BrN3O. The number of nitrogens with one attached hydrogen (secondary N) is 2. The van der Waals surface area contributed by atoms with E-state index in [9.17, 15) is 10.1 Å². The molecule has 1 atom stereocenters. The molecule has 0 radical (unpaired) electrons. The average molecular weight is 438 g/mol. The zero-order valence-corrected chi connectivity index (χ0v) is 17.6. The van der Waals surface area contributed by atoms with E-state index in [1.807, 2.05) is 37.3 Å². The van der Waals surface area contributed by atoms with Crippen LogP contribution in [0.15, 0.2) is 58.7 Å². The van der Waals surface area contributed by atoms with Gasteiger partial charge in [0.1, 0.15) is 11.6 Å². The smallest absolute Gasteiger partial charge is 0.263 e. The molecule has 0 fully saturated rings. The van der Waals surface area contributed by atoms with Gasteiger partial charge in [0.25, 0.3) is 5.91 Å². The van der Waals surface area contributed by atoms with Gasteiger partial charge in [-0.3, -0.25) is 4.79 Å². The van der Waals surface area contributed by atoms with Crippen LogP contribution in [0.1, 0.15) is 48.1 Å². The van der Waals surface area contributed by atoms with Gasteiger partial charge in [-0.05, 0) is 67.0 Å². The number of carbonyl (C=O) groups is 1. The van der Waals surface area contributed by atoms with Crippen LogP contribution in [0, 0.1) is 11.3 Å². The molecule has 1 unspecified atom stereocenters. The highest BCUT2D eigenvalue weighted by molar-refractivity contribution is 9.10. The highest BCUT2D eigenvalue weighted by atomic mass is 79.9. The van der Waals surface area contributed by atoms with E-state index in [0.717, 1.165) is 28.4 Å². The van der Waals surface area contributed by atoms with Gasteiger partial charge in [0.15, 0.2) is 0 Å². The van der Waals surface area contributed by atoms with Crippen LogP contribution in [0.4, 0.5) is 0 Å². The van der Waals surface area contributed by atoms with Gasteiger partial charge in [0, 0.05) is 17.2 Å². The van der Waals surface area contributed by atoms with Crippen LogP contribution >= 0.6 is 15.9 Å². The summed E-state index contributed by atoms with van der Waals surface area (Å²) in [6.07, 6.45) is 6.20. The molecule has 0 aliphatic heterocycles. The number of hydrogen-bond acceptors (Lipinski definition) is 3. The van der Waals surface area contributed by atoms with Crippen LogP contribution in [-0.4, -0.2) is 5.91 Å². The zero-order valence-electron chi connectivity index (χ0n) is 16.0. The lowest BCUT2D eigenvalue weighted by Crippen LogP contribution is -2.28. The molecule has 5 heteroatoms. The van der Waals surface area contributed by atoms with E-state index in [2.05, 4.69) is 44.8 Å².